The molecule has 2 rings (SSSR count). The maximum Gasteiger partial charge on any atom is 0.240 e. The third-order valence-corrected chi connectivity index (χ3v) is 2.15. The number of nitrogens with one attached hydrogen (secondary N) is 1. The normalized spacial score (nSPS) is 11.0. The fraction of sp³-hybridized carbons (Fsp3) is 0.400. The van der Waals surface area contributed by atoms with Gasteiger partial charge in [-0.25, -0.2) is 0 Å². The van der Waals surface area contributed by atoms with Gasteiger partial charge in [0.15, 0.2) is 5.43 Å². The highest BCUT2D eigenvalue weighted by Gasteiger charge is 2.11. The summed E-state index contributed by atoms with van der Waals surface area (Å²) < 4.78 is 5.06. The number of H-pyrrole nitrogens is 1. The van der Waals surface area contributed by atoms with Crippen molar-refractivity contribution in [2.24, 2.45) is 0 Å². The monoisotopic (exact) mass is 192 g/mol. The smallest absolute Gasteiger partial charge is 0.240 e. The van der Waals surface area contributed by atoms with Gasteiger partial charge in [-0.15, -0.1) is 0 Å². The molecule has 14 heavy (non-hydrogen) atoms. The summed E-state index contributed by atoms with van der Waals surface area (Å²) in [6, 6.07) is 1.57. The SMILES string of the molecule is CCCc1noc2[nH]c(C)cc(=O)c12. The Morgan fingerprint density at radius 2 is 2.36 bits per heavy atom. The molecule has 0 aliphatic rings. The number of nitrogens with zero attached hydrogens (tertiary/aromatic N) is 1. The van der Waals surface area contributed by atoms with Crippen molar-refractivity contribution in [2.45, 2.75) is 26.7 Å². The summed E-state index contributed by atoms with van der Waals surface area (Å²) in [5.41, 5.74) is 2.02. The fourth-order valence-electron chi connectivity index (χ4n) is 1.55. The van der Waals surface area contributed by atoms with E-state index in [-0.39, 0.29) is 5.43 Å². The first-order chi connectivity index (χ1) is 6.72. The summed E-state index contributed by atoms with van der Waals surface area (Å²) >= 11 is 0. The molecule has 0 radical (unpaired) electrons. The largest absolute Gasteiger partial charge is 0.337 e. The van der Waals surface area contributed by atoms with Crippen LogP contribution in [0.5, 0.6) is 0 Å². The lowest BCUT2D eigenvalue weighted by atomic mass is 10.2. The van der Waals surface area contributed by atoms with Crippen molar-refractivity contribution in [3.63, 3.8) is 0 Å². The van der Waals surface area contributed by atoms with Crippen LogP contribution in [-0.4, -0.2) is 10.1 Å². The number of aromatic amines is 1. The molecule has 0 aliphatic carbocycles. The van der Waals surface area contributed by atoms with Crippen LogP contribution in [0.4, 0.5) is 0 Å². The Labute approximate surface area is 80.9 Å². The summed E-state index contributed by atoms with van der Waals surface area (Å²) in [7, 11) is 0. The van der Waals surface area contributed by atoms with Gasteiger partial charge in [0.2, 0.25) is 5.71 Å². The van der Waals surface area contributed by atoms with E-state index in [2.05, 4.69) is 10.1 Å². The van der Waals surface area contributed by atoms with Crippen molar-refractivity contribution in [1.82, 2.24) is 10.1 Å². The molecule has 0 unspecified atom stereocenters. The molecule has 4 heteroatoms. The Hall–Kier alpha value is -1.58. The lowest BCUT2D eigenvalue weighted by Gasteiger charge is -1.92. The Kier molecular flexibility index (Phi) is 2.11. The van der Waals surface area contributed by atoms with E-state index in [1.54, 1.807) is 6.07 Å². The molecule has 2 aromatic rings. The standard InChI is InChI=1S/C10H12N2O2/c1-3-4-7-9-8(13)5-6(2)11-10(9)14-12-7/h5H,3-4H2,1-2H3,(H,11,13). The van der Waals surface area contributed by atoms with E-state index in [0.29, 0.717) is 11.1 Å². The number of hydrogen-bond acceptors (Lipinski definition) is 3. The summed E-state index contributed by atoms with van der Waals surface area (Å²) in [6.07, 6.45) is 1.73. The van der Waals surface area contributed by atoms with Gasteiger partial charge in [0.05, 0.1) is 5.69 Å². The number of fused-ring (bicyclic) bond motifs is 1. The quantitative estimate of drug-likeness (QED) is 0.788. The maximum atomic E-state index is 11.6. The summed E-state index contributed by atoms with van der Waals surface area (Å²) in [4.78, 5) is 14.6. The zero-order valence-corrected chi connectivity index (χ0v) is 8.26. The third-order valence-electron chi connectivity index (χ3n) is 2.15. The Bertz CT molecular complexity index is 510. The van der Waals surface area contributed by atoms with Crippen LogP contribution in [0.3, 0.4) is 0 Å². The van der Waals surface area contributed by atoms with Crippen LogP contribution < -0.4 is 5.43 Å². The van der Waals surface area contributed by atoms with Gasteiger partial charge in [-0.2, -0.15) is 0 Å². The molecule has 0 saturated heterocycles. The van der Waals surface area contributed by atoms with Gasteiger partial charge in [-0.1, -0.05) is 18.5 Å². The van der Waals surface area contributed by atoms with E-state index in [1.807, 2.05) is 13.8 Å². The molecular weight excluding hydrogens is 180 g/mol. The van der Waals surface area contributed by atoms with Gasteiger partial charge in [0.25, 0.3) is 0 Å². The van der Waals surface area contributed by atoms with Crippen LogP contribution in [0.15, 0.2) is 15.4 Å². The number of aryl methyl sites for hydroxylation is 2. The van der Waals surface area contributed by atoms with Crippen LogP contribution in [0.1, 0.15) is 24.7 Å². The Morgan fingerprint density at radius 3 is 3.07 bits per heavy atom. The highest BCUT2D eigenvalue weighted by molar-refractivity contribution is 5.75. The van der Waals surface area contributed by atoms with Crippen LogP contribution in [0.25, 0.3) is 11.1 Å². The zero-order valence-electron chi connectivity index (χ0n) is 8.26. The minimum atomic E-state index is -0.0130. The minimum Gasteiger partial charge on any atom is -0.337 e. The lowest BCUT2D eigenvalue weighted by Crippen LogP contribution is -2.03. The van der Waals surface area contributed by atoms with E-state index in [9.17, 15) is 4.79 Å². The highest BCUT2D eigenvalue weighted by Crippen LogP contribution is 2.13. The molecular formula is C10H12N2O2. The zero-order chi connectivity index (χ0) is 10.1. The van der Waals surface area contributed by atoms with Gasteiger partial charge in [0, 0.05) is 11.8 Å². The maximum absolute atomic E-state index is 11.6. The predicted molar refractivity (Wildman–Crippen MR) is 53.4 cm³/mol. The summed E-state index contributed by atoms with van der Waals surface area (Å²) in [6.45, 7) is 3.87. The van der Waals surface area contributed by atoms with E-state index in [0.717, 1.165) is 24.2 Å². The molecule has 0 aromatic carbocycles. The molecule has 2 heterocycles. The number of aromatic nitrogens is 2. The first kappa shape index (κ1) is 8.99. The summed E-state index contributed by atoms with van der Waals surface area (Å²) in [5.74, 6) is 0. The molecule has 0 saturated carbocycles. The van der Waals surface area contributed by atoms with E-state index < -0.39 is 0 Å². The molecule has 2 aromatic heterocycles. The molecule has 4 nitrogen and oxygen atoms in total. The highest BCUT2D eigenvalue weighted by atomic mass is 16.5. The first-order valence-corrected chi connectivity index (χ1v) is 4.70. The molecule has 0 amide bonds. The van der Waals surface area contributed by atoms with Gasteiger partial charge >= 0.3 is 0 Å². The molecule has 0 spiro atoms. The van der Waals surface area contributed by atoms with Crippen LogP contribution >= 0.6 is 0 Å². The fourth-order valence-corrected chi connectivity index (χ4v) is 1.55. The Balaban J connectivity index is 2.73. The molecule has 0 fully saturated rings. The first-order valence-electron chi connectivity index (χ1n) is 4.70. The van der Waals surface area contributed by atoms with Crippen molar-refractivity contribution in [2.75, 3.05) is 0 Å². The van der Waals surface area contributed by atoms with Gasteiger partial charge in [0.1, 0.15) is 5.39 Å². The average molecular weight is 192 g/mol. The second kappa shape index (κ2) is 3.29. The molecule has 1 N–H and O–H groups in total. The molecule has 0 aliphatic heterocycles. The lowest BCUT2D eigenvalue weighted by molar-refractivity contribution is 0.438. The predicted octanol–water partition coefficient (Wildman–Crippen LogP) is 1.78. The second-order valence-electron chi connectivity index (χ2n) is 3.40. The van der Waals surface area contributed by atoms with Crippen LogP contribution in [0.2, 0.25) is 0 Å². The van der Waals surface area contributed by atoms with E-state index in [4.69, 9.17) is 4.52 Å². The molecule has 0 bridgehead atoms. The van der Waals surface area contributed by atoms with Crippen molar-refractivity contribution in [3.8, 4) is 0 Å². The van der Waals surface area contributed by atoms with E-state index >= 15 is 0 Å². The number of hydrogen-bond donors (Lipinski definition) is 1. The van der Waals surface area contributed by atoms with Gasteiger partial charge < -0.3 is 9.51 Å². The van der Waals surface area contributed by atoms with Crippen molar-refractivity contribution >= 4 is 11.1 Å². The topological polar surface area (TPSA) is 58.9 Å². The van der Waals surface area contributed by atoms with Gasteiger partial charge in [-0.05, 0) is 13.3 Å². The van der Waals surface area contributed by atoms with E-state index in [1.165, 1.54) is 0 Å². The number of pyridine rings is 1. The van der Waals surface area contributed by atoms with Crippen LogP contribution in [0, 0.1) is 6.92 Å². The average Bonchev–Trinajstić information content (AvgIpc) is 2.49. The molecule has 0 atom stereocenters. The van der Waals surface area contributed by atoms with Gasteiger partial charge in [-0.3, -0.25) is 4.79 Å². The summed E-state index contributed by atoms with van der Waals surface area (Å²) in [5, 5.41) is 4.48. The van der Waals surface area contributed by atoms with Crippen LogP contribution in [-0.2, 0) is 6.42 Å². The minimum absolute atomic E-state index is 0.0130. The van der Waals surface area contributed by atoms with Crippen molar-refractivity contribution < 1.29 is 4.52 Å². The third kappa shape index (κ3) is 1.32. The molecule has 74 valence electrons. The van der Waals surface area contributed by atoms with Crippen molar-refractivity contribution in [3.05, 3.63) is 27.7 Å². The Morgan fingerprint density at radius 1 is 1.57 bits per heavy atom. The van der Waals surface area contributed by atoms with Crippen molar-refractivity contribution in [1.29, 1.82) is 0 Å². The number of rotatable bonds is 2. The second-order valence-corrected chi connectivity index (χ2v) is 3.40.